The third-order valence-corrected chi connectivity index (χ3v) is 2.98. The van der Waals surface area contributed by atoms with E-state index >= 15 is 0 Å². The molecule has 1 heterocycles. The van der Waals surface area contributed by atoms with Gasteiger partial charge in [-0.1, -0.05) is 23.2 Å². The second-order valence-corrected chi connectivity index (χ2v) is 4.41. The highest BCUT2D eigenvalue weighted by Crippen LogP contribution is 2.36. The molecule has 2 rings (SSSR count). The molecule has 0 unspecified atom stereocenters. The first-order chi connectivity index (χ1) is 8.02. The first-order valence-electron chi connectivity index (χ1n) is 4.74. The molecule has 17 heavy (non-hydrogen) atoms. The molecule has 86 valence electrons. The number of amides is 1. The first-order valence-corrected chi connectivity index (χ1v) is 5.49. The Kier molecular flexibility index (Phi) is 3.05. The van der Waals surface area contributed by atoms with Gasteiger partial charge in [-0.05, 0) is 12.1 Å². The minimum absolute atomic E-state index is 0.0236. The maximum atomic E-state index is 11.6. The van der Waals surface area contributed by atoms with Gasteiger partial charge in [-0.3, -0.25) is 9.59 Å². The lowest BCUT2D eigenvalue weighted by Crippen LogP contribution is -2.25. The van der Waals surface area contributed by atoms with Gasteiger partial charge in [-0.15, -0.1) is 0 Å². The van der Waals surface area contributed by atoms with Gasteiger partial charge in [0.1, 0.15) is 0 Å². The van der Waals surface area contributed by atoms with Crippen molar-refractivity contribution in [1.82, 2.24) is 0 Å². The van der Waals surface area contributed by atoms with E-state index in [0.717, 1.165) is 0 Å². The van der Waals surface area contributed by atoms with Gasteiger partial charge < -0.3 is 4.90 Å². The molecule has 1 saturated heterocycles. The van der Waals surface area contributed by atoms with Crippen molar-refractivity contribution in [3.63, 3.8) is 0 Å². The summed E-state index contributed by atoms with van der Waals surface area (Å²) >= 11 is 11.9. The van der Waals surface area contributed by atoms with E-state index in [-0.39, 0.29) is 34.7 Å². The van der Waals surface area contributed by atoms with Gasteiger partial charge in [0.15, 0.2) is 5.78 Å². The van der Waals surface area contributed by atoms with Crippen molar-refractivity contribution in [2.45, 2.75) is 6.42 Å². The summed E-state index contributed by atoms with van der Waals surface area (Å²) in [7, 11) is 0. The quantitative estimate of drug-likeness (QED) is 0.734. The number of Topliss-reactive ketones (excluding diaryl/α,β-unsaturated/α-hetero) is 1. The number of nitriles is 1. The molecular weight excluding hydrogens is 263 g/mol. The van der Waals surface area contributed by atoms with Gasteiger partial charge in [-0.25, -0.2) is 0 Å². The Hall–Kier alpha value is -1.57. The Bertz CT molecular complexity index is 540. The molecule has 1 aliphatic heterocycles. The highest BCUT2D eigenvalue weighted by molar-refractivity contribution is 6.40. The molecule has 0 atom stereocenters. The van der Waals surface area contributed by atoms with Crippen LogP contribution in [-0.4, -0.2) is 18.2 Å². The lowest BCUT2D eigenvalue weighted by molar-refractivity contribution is -0.121. The zero-order valence-electron chi connectivity index (χ0n) is 8.54. The average molecular weight is 269 g/mol. The lowest BCUT2D eigenvalue weighted by atomic mass is 10.2. The van der Waals surface area contributed by atoms with Crippen molar-refractivity contribution in [2.75, 3.05) is 11.4 Å². The number of rotatable bonds is 1. The molecule has 1 aromatic carbocycles. The monoisotopic (exact) mass is 268 g/mol. The summed E-state index contributed by atoms with van der Waals surface area (Å²) in [5, 5.41) is 9.12. The van der Waals surface area contributed by atoms with Crippen molar-refractivity contribution in [3.05, 3.63) is 27.7 Å². The number of nitrogens with zero attached hydrogens (tertiary/aromatic N) is 2. The molecule has 0 saturated carbocycles. The van der Waals surface area contributed by atoms with E-state index in [1.807, 2.05) is 6.07 Å². The minimum atomic E-state index is -0.330. The normalized spacial score (nSPS) is 15.2. The molecule has 1 amide bonds. The molecule has 1 fully saturated rings. The van der Waals surface area contributed by atoms with Crippen molar-refractivity contribution >= 4 is 40.6 Å². The standard InChI is InChI=1S/C11H6Cl2N2O2/c12-8-1-6(4-14)2-9(13)11(8)15-5-7(16)3-10(15)17/h1-2H,3,5H2. The Labute approximate surface area is 107 Å². The van der Waals surface area contributed by atoms with Gasteiger partial charge in [0.2, 0.25) is 5.91 Å². The Morgan fingerprint density at radius 2 is 1.82 bits per heavy atom. The average Bonchev–Trinajstić information content (AvgIpc) is 2.57. The van der Waals surface area contributed by atoms with Crippen molar-refractivity contribution in [3.8, 4) is 6.07 Å². The molecule has 6 heteroatoms. The smallest absolute Gasteiger partial charge is 0.235 e. The van der Waals surface area contributed by atoms with Crippen molar-refractivity contribution in [1.29, 1.82) is 5.26 Å². The Balaban J connectivity index is 2.50. The Morgan fingerprint density at radius 1 is 1.24 bits per heavy atom. The van der Waals surface area contributed by atoms with Crippen molar-refractivity contribution < 1.29 is 9.59 Å². The number of carbonyl (C=O) groups excluding carboxylic acids is 2. The number of hydrogen-bond donors (Lipinski definition) is 0. The number of hydrogen-bond acceptors (Lipinski definition) is 3. The molecule has 0 spiro atoms. The largest absolute Gasteiger partial charge is 0.302 e. The van der Waals surface area contributed by atoms with E-state index in [1.54, 1.807) is 0 Å². The maximum absolute atomic E-state index is 11.6. The van der Waals surface area contributed by atoms with Gasteiger partial charge in [0.25, 0.3) is 0 Å². The SMILES string of the molecule is N#Cc1cc(Cl)c(N2CC(=O)CC2=O)c(Cl)c1. The predicted octanol–water partition coefficient (Wildman–Crippen LogP) is 2.17. The number of benzene rings is 1. The van der Waals surface area contributed by atoms with Crippen LogP contribution in [0.2, 0.25) is 10.0 Å². The molecule has 4 nitrogen and oxygen atoms in total. The molecule has 0 aromatic heterocycles. The van der Waals surface area contributed by atoms with Crippen LogP contribution in [0.4, 0.5) is 5.69 Å². The highest BCUT2D eigenvalue weighted by Gasteiger charge is 2.31. The van der Waals surface area contributed by atoms with Crippen LogP contribution < -0.4 is 4.90 Å². The molecule has 1 aromatic rings. The summed E-state index contributed by atoms with van der Waals surface area (Å²) in [6.45, 7) is -0.0236. The Morgan fingerprint density at radius 3 is 2.24 bits per heavy atom. The second-order valence-electron chi connectivity index (χ2n) is 3.60. The third-order valence-electron chi connectivity index (χ3n) is 2.40. The second kappa shape index (κ2) is 4.36. The van der Waals surface area contributed by atoms with E-state index in [9.17, 15) is 9.59 Å². The number of carbonyl (C=O) groups is 2. The molecule has 0 N–H and O–H groups in total. The van der Waals surface area contributed by atoms with Crippen LogP contribution in [0.5, 0.6) is 0 Å². The van der Waals surface area contributed by atoms with Crippen LogP contribution >= 0.6 is 23.2 Å². The summed E-state index contributed by atoms with van der Waals surface area (Å²) in [6.07, 6.45) is -0.132. The van der Waals surface area contributed by atoms with Crippen LogP contribution in [-0.2, 0) is 9.59 Å². The van der Waals surface area contributed by atoms with E-state index < -0.39 is 0 Å². The number of halogens is 2. The summed E-state index contributed by atoms with van der Waals surface area (Å²) in [5.41, 5.74) is 0.602. The van der Waals surface area contributed by atoms with Crippen LogP contribution in [0.15, 0.2) is 12.1 Å². The topological polar surface area (TPSA) is 61.2 Å². The highest BCUT2D eigenvalue weighted by atomic mass is 35.5. The predicted molar refractivity (Wildman–Crippen MR) is 63.2 cm³/mol. The lowest BCUT2D eigenvalue weighted by Gasteiger charge is -2.18. The van der Waals surface area contributed by atoms with E-state index in [4.69, 9.17) is 28.5 Å². The third kappa shape index (κ3) is 2.12. The van der Waals surface area contributed by atoms with Gasteiger partial charge >= 0.3 is 0 Å². The summed E-state index contributed by atoms with van der Waals surface area (Å²) < 4.78 is 0. The van der Waals surface area contributed by atoms with Crippen LogP contribution in [0.3, 0.4) is 0 Å². The molecule has 0 radical (unpaired) electrons. The summed E-state index contributed by atoms with van der Waals surface area (Å²) in [6, 6.07) is 4.74. The van der Waals surface area contributed by atoms with E-state index in [1.165, 1.54) is 17.0 Å². The first kappa shape index (κ1) is 11.9. The number of ketones is 1. The molecule has 0 aliphatic carbocycles. The van der Waals surface area contributed by atoms with Crippen LogP contribution in [0, 0.1) is 11.3 Å². The maximum Gasteiger partial charge on any atom is 0.235 e. The molecule has 0 bridgehead atoms. The zero-order chi connectivity index (χ0) is 12.6. The molecular formula is C11H6Cl2N2O2. The van der Waals surface area contributed by atoms with E-state index in [2.05, 4.69) is 0 Å². The van der Waals surface area contributed by atoms with Gasteiger partial charge in [-0.2, -0.15) is 5.26 Å². The molecule has 1 aliphatic rings. The fraction of sp³-hybridized carbons (Fsp3) is 0.182. The zero-order valence-corrected chi connectivity index (χ0v) is 10.0. The van der Waals surface area contributed by atoms with Crippen LogP contribution in [0.25, 0.3) is 0 Å². The fourth-order valence-corrected chi connectivity index (χ4v) is 2.37. The summed E-state index contributed by atoms with van der Waals surface area (Å²) in [4.78, 5) is 24.0. The summed E-state index contributed by atoms with van der Waals surface area (Å²) in [5.74, 6) is -0.505. The minimum Gasteiger partial charge on any atom is -0.302 e. The fourth-order valence-electron chi connectivity index (χ4n) is 1.68. The number of anilines is 1. The van der Waals surface area contributed by atoms with Gasteiger partial charge in [0.05, 0.1) is 40.3 Å². The van der Waals surface area contributed by atoms with E-state index in [0.29, 0.717) is 11.3 Å². The van der Waals surface area contributed by atoms with Crippen LogP contribution in [0.1, 0.15) is 12.0 Å². The van der Waals surface area contributed by atoms with Gasteiger partial charge in [0, 0.05) is 0 Å². The van der Waals surface area contributed by atoms with Crippen molar-refractivity contribution in [2.24, 2.45) is 0 Å².